The average molecular weight is 257 g/mol. The molecule has 94 valence electrons. The Morgan fingerprint density at radius 1 is 1.22 bits per heavy atom. The fourth-order valence-corrected chi connectivity index (χ4v) is 1.03. The topological polar surface area (TPSA) is 82.0 Å². The van der Waals surface area contributed by atoms with Gasteiger partial charge in [0.05, 0.1) is 11.8 Å². The van der Waals surface area contributed by atoms with Crippen LogP contribution in [0.2, 0.25) is 0 Å². The fourth-order valence-electron chi connectivity index (χ4n) is 1.03. The van der Waals surface area contributed by atoms with Gasteiger partial charge in [0.2, 0.25) is 0 Å². The Hall–Kier alpha value is -2.56. The first kappa shape index (κ1) is 13.5. The minimum atomic E-state index is -1.50. The summed E-state index contributed by atoms with van der Waals surface area (Å²) < 4.78 is 38.7. The fraction of sp³-hybridized carbons (Fsp3) is 0.100. The maximum Gasteiger partial charge on any atom is 0.313 e. The Morgan fingerprint density at radius 3 is 2.50 bits per heavy atom. The van der Waals surface area contributed by atoms with Gasteiger partial charge in [-0.15, -0.1) is 0 Å². The van der Waals surface area contributed by atoms with Crippen LogP contribution in [0.3, 0.4) is 0 Å². The second kappa shape index (κ2) is 5.67. The highest BCUT2D eigenvalue weighted by Crippen LogP contribution is 2.18. The molecule has 0 aromatic heterocycles. The molecule has 0 fully saturated rings. The van der Waals surface area contributed by atoms with Gasteiger partial charge in [-0.05, 0) is 0 Å². The van der Waals surface area contributed by atoms with Crippen molar-refractivity contribution < 1.29 is 22.8 Å². The summed E-state index contributed by atoms with van der Waals surface area (Å²) in [6.45, 7) is -0.424. The molecule has 0 saturated heterocycles. The summed E-state index contributed by atoms with van der Waals surface area (Å²) in [5.41, 5.74) is -0.801. The summed E-state index contributed by atoms with van der Waals surface area (Å²) in [6, 6.07) is 2.36. The van der Waals surface area contributed by atoms with Crippen molar-refractivity contribution in [2.75, 3.05) is 11.9 Å². The lowest BCUT2D eigenvalue weighted by molar-refractivity contribution is -0.136. The van der Waals surface area contributed by atoms with Crippen LogP contribution in [0.4, 0.5) is 18.9 Å². The van der Waals surface area contributed by atoms with Crippen molar-refractivity contribution in [2.24, 2.45) is 0 Å². The molecule has 0 bridgehead atoms. The molecule has 0 heterocycles. The quantitative estimate of drug-likeness (QED) is 0.464. The molecule has 0 unspecified atom stereocenters. The first-order valence-corrected chi connectivity index (χ1v) is 4.56. The first-order valence-electron chi connectivity index (χ1n) is 4.56. The number of hydrogen-bond acceptors (Lipinski definition) is 3. The molecular weight excluding hydrogens is 251 g/mol. The van der Waals surface area contributed by atoms with Crippen LogP contribution in [0.5, 0.6) is 0 Å². The third-order valence-electron chi connectivity index (χ3n) is 1.78. The number of rotatable bonds is 2. The Bertz CT molecular complexity index is 540. The minimum Gasteiger partial charge on any atom is -0.335 e. The predicted octanol–water partition coefficient (Wildman–Crippen LogP) is 0.682. The first-order chi connectivity index (χ1) is 8.45. The van der Waals surface area contributed by atoms with Crippen LogP contribution in [0.1, 0.15) is 0 Å². The van der Waals surface area contributed by atoms with Gasteiger partial charge in [0.1, 0.15) is 12.4 Å². The summed E-state index contributed by atoms with van der Waals surface area (Å²) in [6.07, 6.45) is 0. The number of halogens is 3. The molecule has 2 amide bonds. The molecule has 0 spiro atoms. The van der Waals surface area contributed by atoms with E-state index in [9.17, 15) is 22.8 Å². The van der Waals surface area contributed by atoms with Gasteiger partial charge in [-0.3, -0.25) is 9.59 Å². The molecule has 1 aromatic rings. The van der Waals surface area contributed by atoms with E-state index in [1.54, 1.807) is 11.4 Å². The van der Waals surface area contributed by atoms with Gasteiger partial charge >= 0.3 is 11.8 Å². The van der Waals surface area contributed by atoms with Crippen LogP contribution in [0, 0.1) is 28.8 Å². The molecular formula is C10H6F3N3O2. The highest BCUT2D eigenvalue weighted by atomic mass is 19.2. The van der Waals surface area contributed by atoms with Gasteiger partial charge in [0.25, 0.3) is 0 Å². The summed E-state index contributed by atoms with van der Waals surface area (Å²) in [4.78, 5) is 22.2. The highest BCUT2D eigenvalue weighted by molar-refractivity contribution is 6.39. The third-order valence-corrected chi connectivity index (χ3v) is 1.78. The SMILES string of the molecule is N#CCNC(=O)C(=O)Nc1cc(F)cc(F)c1F. The smallest absolute Gasteiger partial charge is 0.313 e. The average Bonchev–Trinajstić information content (AvgIpc) is 2.32. The molecule has 0 aliphatic carbocycles. The van der Waals surface area contributed by atoms with Crippen molar-refractivity contribution in [1.29, 1.82) is 5.26 Å². The van der Waals surface area contributed by atoms with Gasteiger partial charge < -0.3 is 10.6 Å². The van der Waals surface area contributed by atoms with E-state index in [1.165, 1.54) is 0 Å². The molecule has 0 atom stereocenters. The van der Waals surface area contributed by atoms with Gasteiger partial charge in [-0.1, -0.05) is 0 Å². The van der Waals surface area contributed by atoms with E-state index in [1.807, 2.05) is 5.32 Å². The molecule has 5 nitrogen and oxygen atoms in total. The van der Waals surface area contributed by atoms with Crippen LogP contribution in [0.25, 0.3) is 0 Å². The van der Waals surface area contributed by atoms with Crippen molar-refractivity contribution in [3.8, 4) is 6.07 Å². The number of carbonyl (C=O) groups is 2. The molecule has 8 heteroatoms. The van der Waals surface area contributed by atoms with E-state index in [0.29, 0.717) is 12.1 Å². The van der Waals surface area contributed by atoms with Crippen molar-refractivity contribution >= 4 is 17.5 Å². The van der Waals surface area contributed by atoms with Crippen molar-refractivity contribution in [2.45, 2.75) is 0 Å². The van der Waals surface area contributed by atoms with Gasteiger partial charge in [0, 0.05) is 12.1 Å². The Kier molecular flexibility index (Phi) is 4.26. The van der Waals surface area contributed by atoms with E-state index in [-0.39, 0.29) is 0 Å². The second-order valence-corrected chi connectivity index (χ2v) is 3.04. The number of hydrogen-bond donors (Lipinski definition) is 2. The Balaban J connectivity index is 2.83. The number of benzene rings is 1. The monoisotopic (exact) mass is 257 g/mol. The molecule has 0 radical (unpaired) electrons. The van der Waals surface area contributed by atoms with Gasteiger partial charge in [-0.25, -0.2) is 13.2 Å². The zero-order chi connectivity index (χ0) is 13.7. The largest absolute Gasteiger partial charge is 0.335 e. The van der Waals surface area contributed by atoms with Crippen LogP contribution in [0.15, 0.2) is 12.1 Å². The van der Waals surface area contributed by atoms with Crippen LogP contribution in [-0.4, -0.2) is 18.4 Å². The lowest BCUT2D eigenvalue weighted by Crippen LogP contribution is -2.35. The van der Waals surface area contributed by atoms with E-state index in [0.717, 1.165) is 0 Å². The Morgan fingerprint density at radius 2 is 1.89 bits per heavy atom. The van der Waals surface area contributed by atoms with Crippen molar-refractivity contribution in [3.05, 3.63) is 29.6 Å². The van der Waals surface area contributed by atoms with Gasteiger partial charge in [0.15, 0.2) is 11.6 Å². The maximum atomic E-state index is 13.1. The molecule has 18 heavy (non-hydrogen) atoms. The van der Waals surface area contributed by atoms with Crippen molar-refractivity contribution in [3.63, 3.8) is 0 Å². The van der Waals surface area contributed by atoms with Crippen LogP contribution < -0.4 is 10.6 Å². The van der Waals surface area contributed by atoms with Gasteiger partial charge in [-0.2, -0.15) is 5.26 Å². The third kappa shape index (κ3) is 3.21. The normalized spacial score (nSPS) is 9.44. The molecule has 1 rings (SSSR count). The molecule has 0 aliphatic heterocycles. The molecule has 0 aliphatic rings. The number of amides is 2. The number of nitrogens with one attached hydrogen (secondary N) is 2. The lowest BCUT2D eigenvalue weighted by Gasteiger charge is -2.06. The van der Waals surface area contributed by atoms with E-state index in [4.69, 9.17) is 5.26 Å². The predicted molar refractivity (Wildman–Crippen MR) is 53.6 cm³/mol. The summed E-state index contributed by atoms with van der Waals surface area (Å²) in [5, 5.41) is 11.7. The minimum absolute atomic E-state index is 0.292. The number of nitriles is 1. The zero-order valence-corrected chi connectivity index (χ0v) is 8.76. The van der Waals surface area contributed by atoms with Crippen LogP contribution >= 0.6 is 0 Å². The molecule has 0 saturated carbocycles. The number of nitrogens with zero attached hydrogens (tertiary/aromatic N) is 1. The lowest BCUT2D eigenvalue weighted by atomic mass is 10.2. The number of carbonyl (C=O) groups excluding carboxylic acids is 2. The van der Waals surface area contributed by atoms with E-state index >= 15 is 0 Å². The van der Waals surface area contributed by atoms with E-state index in [2.05, 4.69) is 0 Å². The Labute approximate surface area is 99.2 Å². The van der Waals surface area contributed by atoms with Crippen LogP contribution in [-0.2, 0) is 9.59 Å². The number of anilines is 1. The summed E-state index contributed by atoms with van der Waals surface area (Å²) in [7, 11) is 0. The molecule has 1 aromatic carbocycles. The molecule has 2 N–H and O–H groups in total. The zero-order valence-electron chi connectivity index (χ0n) is 8.76. The summed E-state index contributed by atoms with van der Waals surface area (Å²) >= 11 is 0. The highest BCUT2D eigenvalue weighted by Gasteiger charge is 2.17. The second-order valence-electron chi connectivity index (χ2n) is 3.04. The maximum absolute atomic E-state index is 13.1. The standard InChI is InChI=1S/C10H6F3N3O2/c11-5-3-6(12)8(13)7(4-5)16-10(18)9(17)15-2-1-14/h3-4H,2H2,(H,15,17)(H,16,18). The summed E-state index contributed by atoms with van der Waals surface area (Å²) in [5.74, 6) is -6.66. The van der Waals surface area contributed by atoms with Crippen molar-refractivity contribution in [1.82, 2.24) is 5.32 Å². The van der Waals surface area contributed by atoms with E-state index < -0.39 is 41.5 Å².